The molecule has 0 saturated heterocycles. The molecule has 1 unspecified atom stereocenters. The van der Waals surface area contributed by atoms with Crippen molar-refractivity contribution in [3.8, 4) is 0 Å². The second-order valence-corrected chi connectivity index (χ2v) is 5.44. The van der Waals surface area contributed by atoms with Gasteiger partial charge in [0.15, 0.2) is 0 Å². The third kappa shape index (κ3) is 4.24. The Kier molecular flexibility index (Phi) is 5.42. The zero-order valence-electron chi connectivity index (χ0n) is 12.1. The van der Waals surface area contributed by atoms with Crippen LogP contribution >= 0.6 is 11.6 Å². The summed E-state index contributed by atoms with van der Waals surface area (Å²) in [5, 5.41) is 3.88. The van der Waals surface area contributed by atoms with E-state index in [4.69, 9.17) is 11.6 Å². The van der Waals surface area contributed by atoms with Gasteiger partial charge >= 0.3 is 0 Å². The lowest BCUT2D eigenvalue weighted by Gasteiger charge is -2.15. The summed E-state index contributed by atoms with van der Waals surface area (Å²) in [5.74, 6) is 0.806. The lowest BCUT2D eigenvalue weighted by Crippen LogP contribution is -2.07. The molecule has 0 spiro atoms. The number of unbranched alkanes of at least 4 members (excludes halogenated alkanes) is 1. The molecule has 0 fully saturated rings. The zero-order valence-corrected chi connectivity index (χ0v) is 12.8. The van der Waals surface area contributed by atoms with E-state index in [9.17, 15) is 0 Å². The minimum Gasteiger partial charge on any atom is -0.364 e. The standard InChI is InChI=1S/C17H21ClN2/c1-3-4-6-14-9-11-15(12-10-14)13(2)19-17-8-5-7-16(18)20-17/h5,7-13H,3-4,6H2,1-2H3,(H,19,20). The minimum atomic E-state index is 0.209. The van der Waals surface area contributed by atoms with E-state index in [0.717, 1.165) is 12.2 Å². The summed E-state index contributed by atoms with van der Waals surface area (Å²) < 4.78 is 0. The predicted octanol–water partition coefficient (Wildman–Crippen LogP) is 5.25. The van der Waals surface area contributed by atoms with Crippen molar-refractivity contribution in [1.29, 1.82) is 0 Å². The molecular formula is C17H21ClN2. The van der Waals surface area contributed by atoms with Gasteiger partial charge in [-0.05, 0) is 43.0 Å². The van der Waals surface area contributed by atoms with Gasteiger partial charge in [0, 0.05) is 6.04 Å². The van der Waals surface area contributed by atoms with E-state index in [1.54, 1.807) is 6.07 Å². The molecule has 2 rings (SSSR count). The van der Waals surface area contributed by atoms with Crippen molar-refractivity contribution in [1.82, 2.24) is 4.98 Å². The first-order valence-corrected chi connectivity index (χ1v) is 7.54. The highest BCUT2D eigenvalue weighted by Gasteiger charge is 2.06. The molecule has 0 saturated carbocycles. The molecule has 0 aliphatic carbocycles. The number of hydrogen-bond acceptors (Lipinski definition) is 2. The van der Waals surface area contributed by atoms with Crippen LogP contribution < -0.4 is 5.32 Å². The molecule has 3 heteroatoms. The quantitative estimate of drug-likeness (QED) is 0.734. The van der Waals surface area contributed by atoms with Crippen LogP contribution in [0.2, 0.25) is 5.15 Å². The largest absolute Gasteiger partial charge is 0.364 e. The molecular weight excluding hydrogens is 268 g/mol. The van der Waals surface area contributed by atoms with Crippen LogP contribution in [-0.4, -0.2) is 4.98 Å². The summed E-state index contributed by atoms with van der Waals surface area (Å²) in [4.78, 5) is 4.25. The fourth-order valence-corrected chi connectivity index (χ4v) is 2.31. The fourth-order valence-electron chi connectivity index (χ4n) is 2.15. The number of nitrogens with one attached hydrogen (secondary N) is 1. The van der Waals surface area contributed by atoms with Crippen molar-refractivity contribution in [2.45, 2.75) is 39.2 Å². The van der Waals surface area contributed by atoms with E-state index in [2.05, 4.69) is 48.4 Å². The third-order valence-corrected chi connectivity index (χ3v) is 3.59. The number of benzene rings is 1. The smallest absolute Gasteiger partial charge is 0.131 e. The van der Waals surface area contributed by atoms with Crippen LogP contribution in [0.25, 0.3) is 0 Å². The van der Waals surface area contributed by atoms with Crippen molar-refractivity contribution in [2.24, 2.45) is 0 Å². The Bertz CT molecular complexity index is 537. The summed E-state index contributed by atoms with van der Waals surface area (Å²) in [5.41, 5.74) is 2.66. The second-order valence-electron chi connectivity index (χ2n) is 5.06. The molecule has 20 heavy (non-hydrogen) atoms. The maximum Gasteiger partial charge on any atom is 0.131 e. The maximum absolute atomic E-state index is 5.89. The SMILES string of the molecule is CCCCc1ccc(C(C)Nc2cccc(Cl)n2)cc1. The summed E-state index contributed by atoms with van der Waals surface area (Å²) in [6.07, 6.45) is 3.65. The van der Waals surface area contributed by atoms with Crippen molar-refractivity contribution < 1.29 is 0 Å². The van der Waals surface area contributed by atoms with Gasteiger partial charge in [0.25, 0.3) is 0 Å². The first kappa shape index (κ1) is 14.9. The van der Waals surface area contributed by atoms with E-state index in [1.807, 2.05) is 12.1 Å². The van der Waals surface area contributed by atoms with Gasteiger partial charge in [-0.3, -0.25) is 0 Å². The number of aryl methyl sites for hydroxylation is 1. The molecule has 1 atom stereocenters. The van der Waals surface area contributed by atoms with Gasteiger partial charge in [-0.15, -0.1) is 0 Å². The maximum atomic E-state index is 5.89. The number of halogens is 1. The zero-order chi connectivity index (χ0) is 14.4. The highest BCUT2D eigenvalue weighted by molar-refractivity contribution is 6.29. The molecule has 2 nitrogen and oxygen atoms in total. The number of nitrogens with zero attached hydrogens (tertiary/aromatic N) is 1. The summed E-state index contributed by atoms with van der Waals surface area (Å²) in [6.45, 7) is 4.35. The van der Waals surface area contributed by atoms with E-state index < -0.39 is 0 Å². The first-order valence-electron chi connectivity index (χ1n) is 7.17. The molecule has 0 aliphatic rings. The van der Waals surface area contributed by atoms with Crippen LogP contribution in [0.4, 0.5) is 5.82 Å². The second kappa shape index (κ2) is 7.30. The van der Waals surface area contributed by atoms with Gasteiger partial charge in [-0.25, -0.2) is 4.98 Å². The average Bonchev–Trinajstić information content (AvgIpc) is 2.45. The number of rotatable bonds is 6. The highest BCUT2D eigenvalue weighted by atomic mass is 35.5. The molecule has 0 radical (unpaired) electrons. The molecule has 0 amide bonds. The van der Waals surface area contributed by atoms with Crippen molar-refractivity contribution >= 4 is 17.4 Å². The summed E-state index contributed by atoms with van der Waals surface area (Å²) in [6, 6.07) is 14.6. The van der Waals surface area contributed by atoms with Gasteiger partial charge in [-0.1, -0.05) is 55.3 Å². The van der Waals surface area contributed by atoms with Crippen LogP contribution in [0.3, 0.4) is 0 Å². The lowest BCUT2D eigenvalue weighted by atomic mass is 10.0. The molecule has 1 N–H and O–H groups in total. The normalized spacial score (nSPS) is 12.2. The van der Waals surface area contributed by atoms with Crippen LogP contribution in [-0.2, 0) is 6.42 Å². The third-order valence-electron chi connectivity index (χ3n) is 3.38. The van der Waals surface area contributed by atoms with E-state index in [-0.39, 0.29) is 6.04 Å². The molecule has 0 bridgehead atoms. The molecule has 1 aromatic heterocycles. The Morgan fingerprint density at radius 3 is 2.55 bits per heavy atom. The molecule has 106 valence electrons. The fraction of sp³-hybridized carbons (Fsp3) is 0.353. The number of anilines is 1. The Morgan fingerprint density at radius 2 is 1.90 bits per heavy atom. The molecule has 1 heterocycles. The van der Waals surface area contributed by atoms with Crippen LogP contribution in [0, 0.1) is 0 Å². The lowest BCUT2D eigenvalue weighted by molar-refractivity contribution is 0.793. The summed E-state index contributed by atoms with van der Waals surface area (Å²) in [7, 11) is 0. The number of hydrogen-bond donors (Lipinski definition) is 1. The Labute approximate surface area is 126 Å². The van der Waals surface area contributed by atoms with E-state index in [0.29, 0.717) is 5.15 Å². The average molecular weight is 289 g/mol. The first-order chi connectivity index (χ1) is 9.69. The van der Waals surface area contributed by atoms with Gasteiger partial charge in [0.05, 0.1) is 0 Å². The van der Waals surface area contributed by atoms with Crippen LogP contribution in [0.15, 0.2) is 42.5 Å². The van der Waals surface area contributed by atoms with Crippen molar-refractivity contribution in [2.75, 3.05) is 5.32 Å². The number of aromatic nitrogens is 1. The van der Waals surface area contributed by atoms with E-state index >= 15 is 0 Å². The molecule has 0 aliphatic heterocycles. The molecule has 1 aromatic carbocycles. The van der Waals surface area contributed by atoms with E-state index in [1.165, 1.54) is 24.0 Å². The Balaban J connectivity index is 2.00. The Morgan fingerprint density at radius 1 is 1.15 bits per heavy atom. The number of pyridine rings is 1. The monoisotopic (exact) mass is 288 g/mol. The van der Waals surface area contributed by atoms with Crippen LogP contribution in [0.5, 0.6) is 0 Å². The van der Waals surface area contributed by atoms with Crippen molar-refractivity contribution in [3.05, 3.63) is 58.7 Å². The van der Waals surface area contributed by atoms with Gasteiger partial charge in [-0.2, -0.15) is 0 Å². The Hall–Kier alpha value is -1.54. The van der Waals surface area contributed by atoms with Gasteiger partial charge in [0.2, 0.25) is 0 Å². The summed E-state index contributed by atoms with van der Waals surface area (Å²) >= 11 is 5.89. The predicted molar refractivity (Wildman–Crippen MR) is 86.3 cm³/mol. The topological polar surface area (TPSA) is 24.9 Å². The van der Waals surface area contributed by atoms with Crippen molar-refractivity contribution in [3.63, 3.8) is 0 Å². The highest BCUT2D eigenvalue weighted by Crippen LogP contribution is 2.20. The van der Waals surface area contributed by atoms with Gasteiger partial charge < -0.3 is 5.32 Å². The van der Waals surface area contributed by atoms with Crippen LogP contribution in [0.1, 0.15) is 43.9 Å². The minimum absolute atomic E-state index is 0.209. The van der Waals surface area contributed by atoms with Gasteiger partial charge in [0.1, 0.15) is 11.0 Å². The molecule has 2 aromatic rings.